The van der Waals surface area contributed by atoms with Crippen LogP contribution < -0.4 is 9.47 Å². The normalized spacial score (nSPS) is 17.2. The molecule has 0 radical (unpaired) electrons. The monoisotopic (exact) mass is 369 g/mol. The maximum absolute atomic E-state index is 12.9. The van der Waals surface area contributed by atoms with E-state index < -0.39 is 12.0 Å². The summed E-state index contributed by atoms with van der Waals surface area (Å²) in [6.45, 7) is 5.12. The number of carboxylic acid groups (broad SMARTS) is 1. The van der Waals surface area contributed by atoms with Crippen LogP contribution in [0.1, 0.15) is 49.9 Å². The van der Waals surface area contributed by atoms with Gasteiger partial charge in [0.2, 0.25) is 0 Å². The van der Waals surface area contributed by atoms with Crippen molar-refractivity contribution < 1.29 is 24.2 Å². The molecule has 1 fully saturated rings. The number of ether oxygens (including phenoxy) is 2. The van der Waals surface area contributed by atoms with Gasteiger partial charge in [-0.05, 0) is 44.7 Å². The fourth-order valence-corrected chi connectivity index (χ4v) is 3.16. The molecule has 0 spiro atoms. The molecule has 1 unspecified atom stereocenters. The second-order valence-electron chi connectivity index (χ2n) is 5.92. The minimum atomic E-state index is -0.980. The van der Waals surface area contributed by atoms with Gasteiger partial charge in [0.25, 0.3) is 5.91 Å². The molecule has 1 aromatic rings. The second kappa shape index (κ2) is 8.94. The molecule has 25 heavy (non-hydrogen) atoms. The fraction of sp³-hybridized carbons (Fsp3) is 0.556. The standard InChI is InChI=1S/C18H24ClNO5/c1-3-9-25-16-13(19)10-12(11-15(16)24-4-2)17(21)20-8-6-5-7-14(20)18(22)23/h10-11,14H,3-9H2,1-2H3,(H,22,23). The molecule has 1 saturated heterocycles. The van der Waals surface area contributed by atoms with Crippen LogP contribution in [0.2, 0.25) is 5.02 Å². The van der Waals surface area contributed by atoms with E-state index in [0.29, 0.717) is 43.2 Å². The van der Waals surface area contributed by atoms with Gasteiger partial charge in [-0.3, -0.25) is 4.79 Å². The Morgan fingerprint density at radius 1 is 1.28 bits per heavy atom. The number of carbonyl (C=O) groups is 2. The third-order valence-electron chi connectivity index (χ3n) is 4.06. The summed E-state index contributed by atoms with van der Waals surface area (Å²) >= 11 is 6.30. The zero-order chi connectivity index (χ0) is 18.4. The summed E-state index contributed by atoms with van der Waals surface area (Å²) in [6.07, 6.45) is 2.87. The Hall–Kier alpha value is -1.95. The quantitative estimate of drug-likeness (QED) is 0.794. The number of benzene rings is 1. The van der Waals surface area contributed by atoms with Crippen molar-refractivity contribution in [3.8, 4) is 11.5 Å². The molecule has 1 N–H and O–H groups in total. The first-order valence-electron chi connectivity index (χ1n) is 8.62. The molecule has 1 aromatic carbocycles. The molecule has 0 bridgehead atoms. The van der Waals surface area contributed by atoms with E-state index in [2.05, 4.69) is 0 Å². The average Bonchev–Trinajstić information content (AvgIpc) is 2.60. The molecule has 1 aliphatic heterocycles. The number of hydrogen-bond acceptors (Lipinski definition) is 4. The van der Waals surface area contributed by atoms with E-state index in [-0.39, 0.29) is 10.9 Å². The minimum Gasteiger partial charge on any atom is -0.490 e. The molecule has 0 aliphatic carbocycles. The van der Waals surface area contributed by atoms with Gasteiger partial charge in [-0.2, -0.15) is 0 Å². The number of halogens is 1. The first kappa shape index (κ1) is 19.4. The number of aliphatic carboxylic acids is 1. The van der Waals surface area contributed by atoms with Crippen LogP contribution in [0.4, 0.5) is 0 Å². The lowest BCUT2D eigenvalue weighted by atomic mass is 10.0. The Morgan fingerprint density at radius 2 is 2.04 bits per heavy atom. The Labute approximate surface area is 152 Å². The van der Waals surface area contributed by atoms with Gasteiger partial charge in [-0.1, -0.05) is 18.5 Å². The van der Waals surface area contributed by atoms with Gasteiger partial charge in [0.1, 0.15) is 6.04 Å². The predicted octanol–water partition coefficient (Wildman–Crippen LogP) is 3.61. The Kier molecular flexibility index (Phi) is 6.93. The van der Waals surface area contributed by atoms with E-state index in [0.717, 1.165) is 19.3 Å². The third-order valence-corrected chi connectivity index (χ3v) is 4.34. The number of likely N-dealkylation sites (tertiary alicyclic amines) is 1. The number of hydrogen-bond donors (Lipinski definition) is 1. The Bertz CT molecular complexity index is 634. The van der Waals surface area contributed by atoms with Crippen molar-refractivity contribution in [3.05, 3.63) is 22.7 Å². The molecule has 7 heteroatoms. The lowest BCUT2D eigenvalue weighted by molar-refractivity contribution is -0.143. The van der Waals surface area contributed by atoms with Crippen molar-refractivity contribution in [2.75, 3.05) is 19.8 Å². The Balaban J connectivity index is 2.34. The van der Waals surface area contributed by atoms with Gasteiger partial charge >= 0.3 is 5.97 Å². The highest BCUT2D eigenvalue weighted by Gasteiger charge is 2.33. The summed E-state index contributed by atoms with van der Waals surface area (Å²) in [6, 6.07) is 2.30. The van der Waals surface area contributed by atoms with Crippen molar-refractivity contribution in [1.82, 2.24) is 4.90 Å². The molecule has 1 aliphatic rings. The van der Waals surface area contributed by atoms with E-state index in [1.807, 2.05) is 13.8 Å². The van der Waals surface area contributed by atoms with Gasteiger partial charge in [0, 0.05) is 12.1 Å². The van der Waals surface area contributed by atoms with E-state index in [1.165, 1.54) is 11.0 Å². The summed E-state index contributed by atoms with van der Waals surface area (Å²) in [4.78, 5) is 25.7. The van der Waals surface area contributed by atoms with E-state index in [4.69, 9.17) is 21.1 Å². The summed E-state index contributed by atoms with van der Waals surface area (Å²) in [7, 11) is 0. The van der Waals surface area contributed by atoms with Crippen LogP contribution in [-0.4, -0.2) is 47.7 Å². The molecule has 138 valence electrons. The van der Waals surface area contributed by atoms with Crippen LogP contribution in [0.5, 0.6) is 11.5 Å². The first-order valence-corrected chi connectivity index (χ1v) is 9.00. The van der Waals surface area contributed by atoms with Crippen LogP contribution in [0.25, 0.3) is 0 Å². The SMILES string of the molecule is CCCOc1c(Cl)cc(C(=O)N2CCCCC2C(=O)O)cc1OCC. The van der Waals surface area contributed by atoms with Crippen LogP contribution >= 0.6 is 11.6 Å². The van der Waals surface area contributed by atoms with Crippen molar-refractivity contribution in [2.45, 2.75) is 45.6 Å². The molecular formula is C18H24ClNO5. The van der Waals surface area contributed by atoms with Crippen molar-refractivity contribution >= 4 is 23.5 Å². The molecule has 1 heterocycles. The molecular weight excluding hydrogens is 346 g/mol. The maximum Gasteiger partial charge on any atom is 0.326 e. The summed E-state index contributed by atoms with van der Waals surface area (Å²) in [5, 5.41) is 9.66. The zero-order valence-electron chi connectivity index (χ0n) is 14.6. The summed E-state index contributed by atoms with van der Waals surface area (Å²) < 4.78 is 11.2. The number of carboxylic acids is 1. The lowest BCUT2D eigenvalue weighted by Gasteiger charge is -2.33. The summed E-state index contributed by atoms with van der Waals surface area (Å²) in [5.74, 6) is -0.518. The smallest absolute Gasteiger partial charge is 0.326 e. The molecule has 0 aromatic heterocycles. The lowest BCUT2D eigenvalue weighted by Crippen LogP contribution is -2.48. The highest BCUT2D eigenvalue weighted by molar-refractivity contribution is 6.32. The Morgan fingerprint density at radius 3 is 2.68 bits per heavy atom. The molecule has 0 saturated carbocycles. The van der Waals surface area contributed by atoms with E-state index in [9.17, 15) is 14.7 Å². The zero-order valence-corrected chi connectivity index (χ0v) is 15.3. The number of rotatable bonds is 7. The van der Waals surface area contributed by atoms with Gasteiger partial charge in [-0.25, -0.2) is 4.79 Å². The highest BCUT2D eigenvalue weighted by atomic mass is 35.5. The van der Waals surface area contributed by atoms with Crippen molar-refractivity contribution in [3.63, 3.8) is 0 Å². The number of piperidine rings is 1. The predicted molar refractivity (Wildman–Crippen MR) is 94.7 cm³/mol. The first-order chi connectivity index (χ1) is 12.0. The van der Waals surface area contributed by atoms with E-state index in [1.54, 1.807) is 6.07 Å². The average molecular weight is 370 g/mol. The number of amides is 1. The number of nitrogens with zero attached hydrogens (tertiary/aromatic N) is 1. The molecule has 1 amide bonds. The number of carbonyl (C=O) groups excluding carboxylic acids is 1. The van der Waals surface area contributed by atoms with Crippen LogP contribution in [0, 0.1) is 0 Å². The fourth-order valence-electron chi connectivity index (χ4n) is 2.90. The topological polar surface area (TPSA) is 76.1 Å². The third kappa shape index (κ3) is 4.57. The second-order valence-corrected chi connectivity index (χ2v) is 6.32. The van der Waals surface area contributed by atoms with Gasteiger partial charge in [0.05, 0.1) is 18.2 Å². The van der Waals surface area contributed by atoms with Gasteiger partial charge in [0.15, 0.2) is 11.5 Å². The van der Waals surface area contributed by atoms with E-state index >= 15 is 0 Å². The van der Waals surface area contributed by atoms with Crippen LogP contribution in [-0.2, 0) is 4.79 Å². The molecule has 1 atom stereocenters. The van der Waals surface area contributed by atoms with Gasteiger partial charge < -0.3 is 19.5 Å². The van der Waals surface area contributed by atoms with Gasteiger partial charge in [-0.15, -0.1) is 0 Å². The maximum atomic E-state index is 12.9. The van der Waals surface area contributed by atoms with Crippen LogP contribution in [0.3, 0.4) is 0 Å². The molecule has 2 rings (SSSR count). The largest absolute Gasteiger partial charge is 0.490 e. The van der Waals surface area contributed by atoms with Crippen LogP contribution in [0.15, 0.2) is 12.1 Å². The van der Waals surface area contributed by atoms with Crippen molar-refractivity contribution in [2.24, 2.45) is 0 Å². The molecule has 6 nitrogen and oxygen atoms in total. The highest BCUT2D eigenvalue weighted by Crippen LogP contribution is 2.37. The van der Waals surface area contributed by atoms with Crippen molar-refractivity contribution in [1.29, 1.82) is 0 Å². The minimum absolute atomic E-state index is 0.284. The summed E-state index contributed by atoms with van der Waals surface area (Å²) in [5.41, 5.74) is 0.311.